The predicted octanol–water partition coefficient (Wildman–Crippen LogP) is 2.03. The third-order valence-corrected chi connectivity index (χ3v) is 2.40. The second-order valence-corrected chi connectivity index (χ2v) is 3.77. The largest absolute Gasteiger partial charge is 0.355 e. The van der Waals surface area contributed by atoms with Crippen LogP contribution in [-0.2, 0) is 11.2 Å². The van der Waals surface area contributed by atoms with Gasteiger partial charge in [-0.2, -0.15) is 5.26 Å². The molecule has 0 saturated heterocycles. The molecule has 90 valence electrons. The van der Waals surface area contributed by atoms with E-state index in [2.05, 4.69) is 5.32 Å². The minimum absolute atomic E-state index is 0.110. The zero-order valence-corrected chi connectivity index (χ0v) is 9.74. The quantitative estimate of drug-likeness (QED) is 0.847. The van der Waals surface area contributed by atoms with Crippen molar-refractivity contribution >= 4 is 5.91 Å². The number of halogens is 1. The molecular formula is C13H15FN2O. The zero-order chi connectivity index (χ0) is 12.7. The fourth-order valence-electron chi connectivity index (χ4n) is 1.45. The van der Waals surface area contributed by atoms with E-state index in [1.807, 2.05) is 13.0 Å². The lowest BCUT2D eigenvalue weighted by Gasteiger charge is -2.10. The first-order chi connectivity index (χ1) is 8.19. The van der Waals surface area contributed by atoms with Crippen molar-refractivity contribution in [3.8, 4) is 6.07 Å². The first kappa shape index (κ1) is 13.2. The van der Waals surface area contributed by atoms with Crippen molar-refractivity contribution < 1.29 is 9.18 Å². The van der Waals surface area contributed by atoms with E-state index < -0.39 is 5.92 Å². The Balaban J connectivity index is 2.68. The normalized spacial score (nSPS) is 11.6. The minimum Gasteiger partial charge on any atom is -0.355 e. The van der Waals surface area contributed by atoms with E-state index in [9.17, 15) is 9.18 Å². The molecule has 17 heavy (non-hydrogen) atoms. The van der Waals surface area contributed by atoms with E-state index in [0.29, 0.717) is 12.1 Å². The highest BCUT2D eigenvalue weighted by Crippen LogP contribution is 2.12. The van der Waals surface area contributed by atoms with Crippen molar-refractivity contribution in [2.24, 2.45) is 5.92 Å². The van der Waals surface area contributed by atoms with Gasteiger partial charge in [0.05, 0.1) is 6.07 Å². The molecule has 1 unspecified atom stereocenters. The summed E-state index contributed by atoms with van der Waals surface area (Å²) in [6, 6.07) is 8.10. The number of amides is 1. The fraction of sp³-hybridized carbons (Fsp3) is 0.385. The van der Waals surface area contributed by atoms with Crippen molar-refractivity contribution in [3.63, 3.8) is 0 Å². The number of hydrogen-bond donors (Lipinski definition) is 1. The molecule has 1 aromatic rings. The van der Waals surface area contributed by atoms with Gasteiger partial charge in [-0.25, -0.2) is 4.39 Å². The monoisotopic (exact) mass is 234 g/mol. The molecule has 0 aliphatic rings. The molecule has 0 heterocycles. The van der Waals surface area contributed by atoms with Gasteiger partial charge in [0.1, 0.15) is 11.7 Å². The van der Waals surface area contributed by atoms with Gasteiger partial charge in [-0.1, -0.05) is 25.1 Å². The zero-order valence-electron chi connectivity index (χ0n) is 9.74. The summed E-state index contributed by atoms with van der Waals surface area (Å²) >= 11 is 0. The summed E-state index contributed by atoms with van der Waals surface area (Å²) in [5.74, 6) is -1.55. The molecule has 1 atom stereocenters. The highest BCUT2D eigenvalue weighted by atomic mass is 19.1. The molecular weight excluding hydrogens is 219 g/mol. The summed E-state index contributed by atoms with van der Waals surface area (Å²) < 4.78 is 13.4. The molecule has 0 aliphatic carbocycles. The van der Waals surface area contributed by atoms with Gasteiger partial charge in [0.25, 0.3) is 0 Å². The van der Waals surface area contributed by atoms with E-state index in [1.165, 1.54) is 6.07 Å². The van der Waals surface area contributed by atoms with E-state index in [-0.39, 0.29) is 18.1 Å². The Hall–Kier alpha value is -1.89. The lowest BCUT2D eigenvalue weighted by atomic mass is 9.99. The Labute approximate surface area is 100 Å². The van der Waals surface area contributed by atoms with Crippen LogP contribution < -0.4 is 5.32 Å². The molecule has 0 radical (unpaired) electrons. The standard InChI is InChI=1S/C13H15FN2O/c1-2-7-16-13(17)11(9-15)8-10-5-3-4-6-12(10)14/h3-6,11H,2,7-8H2,1H3,(H,16,17). The summed E-state index contributed by atoms with van der Waals surface area (Å²) in [5.41, 5.74) is 0.394. The Bertz CT molecular complexity index is 426. The van der Waals surface area contributed by atoms with Crippen LogP contribution >= 0.6 is 0 Å². The van der Waals surface area contributed by atoms with Crippen LogP contribution in [0.1, 0.15) is 18.9 Å². The smallest absolute Gasteiger partial charge is 0.237 e. The number of nitrogens with one attached hydrogen (secondary N) is 1. The molecule has 1 amide bonds. The fourth-order valence-corrected chi connectivity index (χ4v) is 1.45. The van der Waals surface area contributed by atoms with Crippen LogP contribution in [0.3, 0.4) is 0 Å². The van der Waals surface area contributed by atoms with Gasteiger partial charge in [0, 0.05) is 13.0 Å². The molecule has 4 heteroatoms. The molecule has 0 spiro atoms. The Kier molecular flexibility index (Phi) is 5.15. The van der Waals surface area contributed by atoms with Gasteiger partial charge in [-0.05, 0) is 18.1 Å². The average Bonchev–Trinajstić information content (AvgIpc) is 2.35. The maximum absolute atomic E-state index is 13.4. The molecule has 0 saturated carbocycles. The van der Waals surface area contributed by atoms with Gasteiger partial charge in [0.15, 0.2) is 0 Å². The SMILES string of the molecule is CCCNC(=O)C(C#N)Cc1ccccc1F. The van der Waals surface area contributed by atoms with E-state index in [4.69, 9.17) is 5.26 Å². The Morgan fingerprint density at radius 2 is 2.24 bits per heavy atom. The maximum Gasteiger partial charge on any atom is 0.237 e. The van der Waals surface area contributed by atoms with E-state index in [1.54, 1.807) is 18.2 Å². The molecule has 0 aliphatic heterocycles. The molecule has 1 aromatic carbocycles. The van der Waals surface area contributed by atoms with Gasteiger partial charge < -0.3 is 5.32 Å². The van der Waals surface area contributed by atoms with Gasteiger partial charge in [-0.3, -0.25) is 4.79 Å². The predicted molar refractivity (Wildman–Crippen MR) is 62.5 cm³/mol. The Morgan fingerprint density at radius 3 is 2.82 bits per heavy atom. The first-order valence-electron chi connectivity index (χ1n) is 5.59. The highest BCUT2D eigenvalue weighted by Gasteiger charge is 2.19. The lowest BCUT2D eigenvalue weighted by molar-refractivity contribution is -0.123. The number of nitrogens with zero attached hydrogens (tertiary/aromatic N) is 1. The number of benzene rings is 1. The Morgan fingerprint density at radius 1 is 1.53 bits per heavy atom. The number of carbonyl (C=O) groups is 1. The topological polar surface area (TPSA) is 52.9 Å². The van der Waals surface area contributed by atoms with E-state index in [0.717, 1.165) is 6.42 Å². The minimum atomic E-state index is -0.835. The summed E-state index contributed by atoms with van der Waals surface area (Å²) in [6.45, 7) is 2.47. The summed E-state index contributed by atoms with van der Waals surface area (Å²) in [7, 11) is 0. The van der Waals surface area contributed by atoms with Crippen LogP contribution in [0.25, 0.3) is 0 Å². The molecule has 1 N–H and O–H groups in total. The second kappa shape index (κ2) is 6.64. The van der Waals surface area contributed by atoms with Crippen LogP contribution in [0.4, 0.5) is 4.39 Å². The second-order valence-electron chi connectivity index (χ2n) is 3.77. The van der Waals surface area contributed by atoms with Crippen molar-refractivity contribution in [2.75, 3.05) is 6.54 Å². The first-order valence-corrected chi connectivity index (χ1v) is 5.59. The van der Waals surface area contributed by atoms with Gasteiger partial charge >= 0.3 is 0 Å². The molecule has 1 rings (SSSR count). The summed E-state index contributed by atoms with van der Waals surface area (Å²) in [4.78, 5) is 11.6. The van der Waals surface area contributed by atoms with Crippen molar-refractivity contribution in [1.82, 2.24) is 5.32 Å². The highest BCUT2D eigenvalue weighted by molar-refractivity contribution is 5.81. The number of carbonyl (C=O) groups excluding carboxylic acids is 1. The van der Waals surface area contributed by atoms with E-state index >= 15 is 0 Å². The number of hydrogen-bond acceptors (Lipinski definition) is 2. The average molecular weight is 234 g/mol. The molecule has 0 aromatic heterocycles. The van der Waals surface area contributed by atoms with Crippen molar-refractivity contribution in [3.05, 3.63) is 35.6 Å². The van der Waals surface area contributed by atoms with Gasteiger partial charge in [-0.15, -0.1) is 0 Å². The molecule has 0 bridgehead atoms. The third-order valence-electron chi connectivity index (χ3n) is 2.40. The van der Waals surface area contributed by atoms with Crippen LogP contribution in [0.15, 0.2) is 24.3 Å². The van der Waals surface area contributed by atoms with Crippen molar-refractivity contribution in [2.45, 2.75) is 19.8 Å². The summed E-state index contributed by atoms with van der Waals surface area (Å²) in [6.07, 6.45) is 0.919. The van der Waals surface area contributed by atoms with Gasteiger partial charge in [0.2, 0.25) is 5.91 Å². The van der Waals surface area contributed by atoms with Crippen LogP contribution in [0, 0.1) is 23.1 Å². The third kappa shape index (κ3) is 3.87. The number of rotatable bonds is 5. The van der Waals surface area contributed by atoms with Crippen LogP contribution in [0.5, 0.6) is 0 Å². The molecule has 3 nitrogen and oxygen atoms in total. The van der Waals surface area contributed by atoms with Crippen LogP contribution in [0.2, 0.25) is 0 Å². The maximum atomic E-state index is 13.4. The summed E-state index contributed by atoms with van der Waals surface area (Å²) in [5, 5.41) is 11.6. The number of nitriles is 1. The lowest BCUT2D eigenvalue weighted by Crippen LogP contribution is -2.31. The van der Waals surface area contributed by atoms with Crippen LogP contribution in [-0.4, -0.2) is 12.5 Å². The molecule has 0 fully saturated rings. The van der Waals surface area contributed by atoms with Crippen molar-refractivity contribution in [1.29, 1.82) is 5.26 Å².